The first-order valence-electron chi connectivity index (χ1n) is 7.76. The predicted molar refractivity (Wildman–Crippen MR) is 72.4 cm³/mol. The first-order valence-corrected chi connectivity index (χ1v) is 7.76. The van der Waals surface area contributed by atoms with Crippen molar-refractivity contribution in [1.29, 1.82) is 0 Å². The summed E-state index contributed by atoms with van der Waals surface area (Å²) in [5.74, 6) is 1.05. The molecule has 0 aromatic rings. The zero-order valence-corrected chi connectivity index (χ0v) is 11.7. The van der Waals surface area contributed by atoms with Gasteiger partial charge in [0.2, 0.25) is 0 Å². The number of carbonyl (C=O) groups is 1. The number of rotatable bonds is 4. The second kappa shape index (κ2) is 5.66. The number of hydrogen-bond donors (Lipinski definition) is 0. The minimum Gasteiger partial charge on any atom is -0.436 e. The van der Waals surface area contributed by atoms with E-state index in [2.05, 4.69) is 12.2 Å². The highest BCUT2D eigenvalue weighted by molar-refractivity contribution is 5.74. The van der Waals surface area contributed by atoms with Crippen molar-refractivity contribution in [2.75, 3.05) is 0 Å². The highest BCUT2D eigenvalue weighted by Gasteiger charge is 2.41. The highest BCUT2D eigenvalue weighted by atomic mass is 16.7. The van der Waals surface area contributed by atoms with Crippen molar-refractivity contribution in [3.05, 3.63) is 12.2 Å². The normalized spacial score (nSPS) is 35.5. The Balaban J connectivity index is 1.45. The van der Waals surface area contributed by atoms with E-state index in [0.717, 1.165) is 25.7 Å². The Bertz CT molecular complexity index is 357. The molecule has 4 unspecified atom stereocenters. The lowest BCUT2D eigenvalue weighted by Gasteiger charge is -2.26. The van der Waals surface area contributed by atoms with Gasteiger partial charge < -0.3 is 9.47 Å². The van der Waals surface area contributed by atoms with E-state index < -0.39 is 6.29 Å². The van der Waals surface area contributed by atoms with Crippen LogP contribution in [0.3, 0.4) is 0 Å². The quantitative estimate of drug-likeness (QED) is 0.443. The number of ether oxygens (including phenoxy) is 2. The van der Waals surface area contributed by atoms with Crippen LogP contribution in [0, 0.1) is 17.8 Å². The molecule has 2 bridgehead atoms. The van der Waals surface area contributed by atoms with Gasteiger partial charge in [0, 0.05) is 0 Å². The monoisotopic (exact) mass is 264 g/mol. The molecule has 0 saturated heterocycles. The lowest BCUT2D eigenvalue weighted by atomic mass is 9.94. The third-order valence-electron chi connectivity index (χ3n) is 4.80. The van der Waals surface area contributed by atoms with Crippen LogP contribution in [0.4, 0.5) is 0 Å². The van der Waals surface area contributed by atoms with Crippen molar-refractivity contribution in [1.82, 2.24) is 0 Å². The van der Waals surface area contributed by atoms with Crippen LogP contribution in [0.25, 0.3) is 0 Å². The molecule has 0 N–H and O–H groups in total. The second-order valence-electron chi connectivity index (χ2n) is 6.29. The van der Waals surface area contributed by atoms with Crippen LogP contribution in [0.2, 0.25) is 0 Å². The standard InChI is InChI=1S/C16H24O3/c1-11(18-14-5-3-2-4-6-14)19-16(17)15-10-12-7-8-13(15)9-12/h7-8,11-15H,2-6,9-10H2,1H3. The molecule has 0 radical (unpaired) electrons. The minimum absolute atomic E-state index is 0.0554. The zero-order chi connectivity index (χ0) is 13.2. The maximum Gasteiger partial charge on any atom is 0.311 e. The molecule has 106 valence electrons. The van der Waals surface area contributed by atoms with Crippen molar-refractivity contribution in [3.8, 4) is 0 Å². The minimum atomic E-state index is -0.390. The topological polar surface area (TPSA) is 35.5 Å². The molecule has 3 aliphatic carbocycles. The first kappa shape index (κ1) is 13.2. The summed E-state index contributed by atoms with van der Waals surface area (Å²) in [5.41, 5.74) is 0. The van der Waals surface area contributed by atoms with Crippen molar-refractivity contribution < 1.29 is 14.3 Å². The predicted octanol–water partition coefficient (Wildman–Crippen LogP) is 3.44. The summed E-state index contributed by atoms with van der Waals surface area (Å²) in [5, 5.41) is 0. The van der Waals surface area contributed by atoms with Crippen LogP contribution in [-0.2, 0) is 14.3 Å². The fourth-order valence-electron chi connectivity index (χ4n) is 3.80. The number of allylic oxidation sites excluding steroid dienone is 2. The van der Waals surface area contributed by atoms with Gasteiger partial charge in [0.1, 0.15) is 0 Å². The molecule has 2 saturated carbocycles. The molecule has 3 rings (SSSR count). The van der Waals surface area contributed by atoms with Gasteiger partial charge in [-0.25, -0.2) is 0 Å². The van der Waals surface area contributed by atoms with E-state index in [1.54, 1.807) is 0 Å². The lowest BCUT2D eigenvalue weighted by Crippen LogP contribution is -2.30. The van der Waals surface area contributed by atoms with Crippen LogP contribution >= 0.6 is 0 Å². The van der Waals surface area contributed by atoms with Crippen molar-refractivity contribution in [3.63, 3.8) is 0 Å². The molecule has 3 heteroatoms. The summed E-state index contributed by atoms with van der Waals surface area (Å²) in [7, 11) is 0. The molecule has 4 atom stereocenters. The van der Waals surface area contributed by atoms with E-state index >= 15 is 0 Å². The molecule has 0 spiro atoms. The van der Waals surface area contributed by atoms with Crippen LogP contribution in [-0.4, -0.2) is 18.4 Å². The fourth-order valence-corrected chi connectivity index (χ4v) is 3.80. The fraction of sp³-hybridized carbons (Fsp3) is 0.812. The zero-order valence-electron chi connectivity index (χ0n) is 11.7. The third-order valence-corrected chi connectivity index (χ3v) is 4.80. The molecular weight excluding hydrogens is 240 g/mol. The van der Waals surface area contributed by atoms with Gasteiger partial charge in [-0.1, -0.05) is 31.4 Å². The van der Waals surface area contributed by atoms with Crippen LogP contribution < -0.4 is 0 Å². The van der Waals surface area contributed by atoms with Gasteiger partial charge in [-0.3, -0.25) is 4.79 Å². The number of hydrogen-bond acceptors (Lipinski definition) is 3. The molecule has 0 aliphatic heterocycles. The summed E-state index contributed by atoms with van der Waals surface area (Å²) >= 11 is 0. The number of esters is 1. The Morgan fingerprint density at radius 1 is 1.16 bits per heavy atom. The van der Waals surface area contributed by atoms with Crippen LogP contribution in [0.5, 0.6) is 0 Å². The van der Waals surface area contributed by atoms with E-state index in [4.69, 9.17) is 9.47 Å². The molecule has 0 heterocycles. The Morgan fingerprint density at radius 2 is 1.95 bits per heavy atom. The average molecular weight is 264 g/mol. The van der Waals surface area contributed by atoms with Crippen molar-refractivity contribution >= 4 is 5.97 Å². The van der Waals surface area contributed by atoms with Gasteiger partial charge >= 0.3 is 5.97 Å². The van der Waals surface area contributed by atoms with Crippen molar-refractivity contribution in [2.45, 2.75) is 64.3 Å². The summed E-state index contributed by atoms with van der Waals surface area (Å²) in [4.78, 5) is 12.2. The first-order chi connectivity index (χ1) is 9.22. The van der Waals surface area contributed by atoms with E-state index in [1.165, 1.54) is 19.3 Å². The molecule has 3 nitrogen and oxygen atoms in total. The van der Waals surface area contributed by atoms with Crippen LogP contribution in [0.15, 0.2) is 12.2 Å². The Labute approximate surface area is 115 Å². The van der Waals surface area contributed by atoms with Gasteiger partial charge in [0.25, 0.3) is 0 Å². The molecule has 0 amide bonds. The van der Waals surface area contributed by atoms with Crippen LogP contribution in [0.1, 0.15) is 51.9 Å². The van der Waals surface area contributed by atoms with E-state index in [0.29, 0.717) is 11.8 Å². The number of carbonyl (C=O) groups excluding carboxylic acids is 1. The summed E-state index contributed by atoms with van der Waals surface area (Å²) in [6, 6.07) is 0. The smallest absolute Gasteiger partial charge is 0.311 e. The molecule has 0 aromatic heterocycles. The van der Waals surface area contributed by atoms with Crippen molar-refractivity contribution in [2.24, 2.45) is 17.8 Å². The van der Waals surface area contributed by atoms with Gasteiger partial charge in [-0.2, -0.15) is 0 Å². The van der Waals surface area contributed by atoms with Gasteiger partial charge in [-0.15, -0.1) is 0 Å². The van der Waals surface area contributed by atoms with E-state index in [9.17, 15) is 4.79 Å². The second-order valence-corrected chi connectivity index (χ2v) is 6.29. The van der Waals surface area contributed by atoms with Gasteiger partial charge in [0.15, 0.2) is 6.29 Å². The van der Waals surface area contributed by atoms with Gasteiger partial charge in [-0.05, 0) is 44.4 Å². The molecule has 19 heavy (non-hydrogen) atoms. The van der Waals surface area contributed by atoms with E-state index in [-0.39, 0.29) is 18.0 Å². The third kappa shape index (κ3) is 3.02. The molecule has 2 fully saturated rings. The Hall–Kier alpha value is -0.830. The molecular formula is C16H24O3. The highest BCUT2D eigenvalue weighted by Crippen LogP contribution is 2.44. The lowest BCUT2D eigenvalue weighted by molar-refractivity contribution is -0.192. The molecule has 3 aliphatic rings. The Morgan fingerprint density at radius 3 is 2.58 bits per heavy atom. The van der Waals surface area contributed by atoms with E-state index in [1.807, 2.05) is 6.92 Å². The SMILES string of the molecule is CC(OC(=O)C1CC2C=CC1C2)OC1CCCCC1. The summed E-state index contributed by atoms with van der Waals surface area (Å²) < 4.78 is 11.3. The summed E-state index contributed by atoms with van der Waals surface area (Å²) in [6.45, 7) is 1.86. The Kier molecular flexibility index (Phi) is 3.92. The summed E-state index contributed by atoms with van der Waals surface area (Å²) in [6.07, 6.45) is 12.4. The van der Waals surface area contributed by atoms with Gasteiger partial charge in [0.05, 0.1) is 12.0 Å². The maximum absolute atomic E-state index is 12.2. The largest absolute Gasteiger partial charge is 0.436 e. The maximum atomic E-state index is 12.2. The number of fused-ring (bicyclic) bond motifs is 2. The molecule has 0 aromatic carbocycles. The average Bonchev–Trinajstić information content (AvgIpc) is 3.02.